The normalized spacial score (nSPS) is 11.0. The Balaban J connectivity index is 1.36. The molecule has 8 nitrogen and oxygen atoms in total. The molecule has 0 aliphatic carbocycles. The number of carbonyl (C=O) groups excluding carboxylic acids is 1. The van der Waals surface area contributed by atoms with Crippen LogP contribution < -0.4 is 10.6 Å². The standard InChI is InChI=1S/C27H19N7O/c35-27(17-10-12-28-13-11-17)31-20-5-3-4-18(14-20)25-32-24-7-2-1-6-22(24)26(33-25)30-21-8-9-23-19(15-21)16-29-34-23/h1-16H,(H,29,34)(H,31,35)(H,30,32,33). The van der Waals surface area contributed by atoms with Crippen molar-refractivity contribution in [3.63, 3.8) is 0 Å². The molecule has 3 N–H and O–H groups in total. The van der Waals surface area contributed by atoms with Crippen molar-refractivity contribution >= 4 is 44.9 Å². The number of aromatic amines is 1. The summed E-state index contributed by atoms with van der Waals surface area (Å²) in [6.07, 6.45) is 4.97. The lowest BCUT2D eigenvalue weighted by Crippen LogP contribution is -2.11. The van der Waals surface area contributed by atoms with Crippen LogP contribution in [0.3, 0.4) is 0 Å². The zero-order chi connectivity index (χ0) is 23.6. The van der Waals surface area contributed by atoms with Crippen LogP contribution in [0.1, 0.15) is 10.4 Å². The maximum atomic E-state index is 12.6. The van der Waals surface area contributed by atoms with E-state index in [9.17, 15) is 4.79 Å². The van der Waals surface area contributed by atoms with E-state index in [1.807, 2.05) is 66.7 Å². The smallest absolute Gasteiger partial charge is 0.255 e. The third-order valence-electron chi connectivity index (χ3n) is 5.63. The molecular weight excluding hydrogens is 438 g/mol. The summed E-state index contributed by atoms with van der Waals surface area (Å²) in [7, 11) is 0. The van der Waals surface area contributed by atoms with Crippen molar-refractivity contribution in [2.75, 3.05) is 10.6 Å². The van der Waals surface area contributed by atoms with Gasteiger partial charge in [-0.15, -0.1) is 0 Å². The fraction of sp³-hybridized carbons (Fsp3) is 0. The highest BCUT2D eigenvalue weighted by Crippen LogP contribution is 2.29. The van der Waals surface area contributed by atoms with Crippen molar-refractivity contribution in [1.29, 1.82) is 0 Å². The van der Waals surface area contributed by atoms with Gasteiger partial charge in [-0.05, 0) is 54.6 Å². The van der Waals surface area contributed by atoms with E-state index < -0.39 is 0 Å². The minimum absolute atomic E-state index is 0.207. The van der Waals surface area contributed by atoms with E-state index in [4.69, 9.17) is 9.97 Å². The summed E-state index contributed by atoms with van der Waals surface area (Å²) >= 11 is 0. The van der Waals surface area contributed by atoms with Crippen LogP contribution in [-0.4, -0.2) is 31.1 Å². The molecule has 0 saturated carbocycles. The number of nitrogens with one attached hydrogen (secondary N) is 3. The molecule has 1 amide bonds. The number of rotatable bonds is 5. The first-order valence-electron chi connectivity index (χ1n) is 11.0. The Bertz CT molecular complexity index is 1680. The number of nitrogens with zero attached hydrogens (tertiary/aromatic N) is 4. The maximum Gasteiger partial charge on any atom is 0.255 e. The molecule has 35 heavy (non-hydrogen) atoms. The van der Waals surface area contributed by atoms with Crippen LogP contribution in [0, 0.1) is 0 Å². The fourth-order valence-corrected chi connectivity index (χ4v) is 3.90. The average Bonchev–Trinajstić information content (AvgIpc) is 3.37. The second-order valence-electron chi connectivity index (χ2n) is 7.98. The molecule has 6 rings (SSSR count). The third kappa shape index (κ3) is 4.16. The Labute approximate surface area is 200 Å². The van der Waals surface area contributed by atoms with E-state index in [1.165, 1.54) is 0 Å². The van der Waals surface area contributed by atoms with Crippen LogP contribution in [0.25, 0.3) is 33.2 Å². The van der Waals surface area contributed by atoms with Crippen molar-refractivity contribution in [3.05, 3.63) is 103 Å². The van der Waals surface area contributed by atoms with Crippen LogP contribution in [0.4, 0.5) is 17.2 Å². The van der Waals surface area contributed by atoms with Gasteiger partial charge >= 0.3 is 0 Å². The molecule has 0 unspecified atom stereocenters. The second kappa shape index (κ2) is 8.68. The number of fused-ring (bicyclic) bond motifs is 2. The highest BCUT2D eigenvalue weighted by Gasteiger charge is 2.12. The van der Waals surface area contributed by atoms with Gasteiger partial charge in [-0.25, -0.2) is 9.97 Å². The van der Waals surface area contributed by atoms with Gasteiger partial charge in [0.1, 0.15) is 5.82 Å². The topological polar surface area (TPSA) is 108 Å². The number of anilines is 3. The van der Waals surface area contributed by atoms with Crippen molar-refractivity contribution in [3.8, 4) is 11.4 Å². The molecule has 0 aliphatic heterocycles. The van der Waals surface area contributed by atoms with E-state index in [2.05, 4.69) is 25.8 Å². The molecule has 8 heteroatoms. The summed E-state index contributed by atoms with van der Waals surface area (Å²) < 4.78 is 0. The Morgan fingerprint density at radius 3 is 2.63 bits per heavy atom. The minimum atomic E-state index is -0.207. The van der Waals surface area contributed by atoms with Crippen LogP contribution in [0.5, 0.6) is 0 Å². The molecule has 6 aromatic rings. The Morgan fingerprint density at radius 2 is 1.71 bits per heavy atom. The molecule has 0 radical (unpaired) electrons. The first kappa shape index (κ1) is 20.5. The lowest BCUT2D eigenvalue weighted by molar-refractivity contribution is 0.102. The number of pyridine rings is 1. The molecular formula is C27H19N7O. The van der Waals surface area contributed by atoms with Gasteiger partial charge in [0.15, 0.2) is 5.82 Å². The molecule has 3 aromatic carbocycles. The molecule has 0 fully saturated rings. The molecule has 0 spiro atoms. The quantitative estimate of drug-likeness (QED) is 0.313. The van der Waals surface area contributed by atoms with Crippen LogP contribution in [0.15, 0.2) is 97.5 Å². The van der Waals surface area contributed by atoms with Crippen molar-refractivity contribution in [2.45, 2.75) is 0 Å². The predicted molar refractivity (Wildman–Crippen MR) is 137 cm³/mol. The minimum Gasteiger partial charge on any atom is -0.340 e. The van der Waals surface area contributed by atoms with Gasteiger partial charge in [-0.2, -0.15) is 5.10 Å². The van der Waals surface area contributed by atoms with E-state index in [0.29, 0.717) is 22.9 Å². The van der Waals surface area contributed by atoms with Crippen LogP contribution in [-0.2, 0) is 0 Å². The highest BCUT2D eigenvalue weighted by atomic mass is 16.1. The van der Waals surface area contributed by atoms with Gasteiger partial charge in [0, 0.05) is 45.7 Å². The van der Waals surface area contributed by atoms with Crippen molar-refractivity contribution in [1.82, 2.24) is 25.1 Å². The zero-order valence-electron chi connectivity index (χ0n) is 18.4. The molecule has 0 aliphatic rings. The first-order valence-corrected chi connectivity index (χ1v) is 11.0. The monoisotopic (exact) mass is 457 g/mol. The van der Waals surface area contributed by atoms with Crippen LogP contribution in [0.2, 0.25) is 0 Å². The Hall–Kier alpha value is -5.11. The lowest BCUT2D eigenvalue weighted by Gasteiger charge is -2.12. The van der Waals surface area contributed by atoms with Gasteiger partial charge in [0.2, 0.25) is 0 Å². The number of amides is 1. The fourth-order valence-electron chi connectivity index (χ4n) is 3.90. The lowest BCUT2D eigenvalue weighted by atomic mass is 10.1. The number of para-hydroxylation sites is 1. The number of carbonyl (C=O) groups is 1. The molecule has 0 bridgehead atoms. The SMILES string of the molecule is O=C(Nc1cccc(-c2nc(Nc3ccc4[nH]ncc4c3)c3ccccc3n2)c1)c1ccncc1. The van der Waals surface area contributed by atoms with Gasteiger partial charge in [0.05, 0.1) is 17.2 Å². The number of H-pyrrole nitrogens is 1. The summed E-state index contributed by atoms with van der Waals surface area (Å²) in [5.74, 6) is 1.04. The largest absolute Gasteiger partial charge is 0.340 e. The summed E-state index contributed by atoms with van der Waals surface area (Å²) in [4.78, 5) is 26.2. The van der Waals surface area contributed by atoms with Gasteiger partial charge in [-0.1, -0.05) is 24.3 Å². The zero-order valence-corrected chi connectivity index (χ0v) is 18.4. The number of hydrogen-bond donors (Lipinski definition) is 3. The molecule has 0 atom stereocenters. The Kier molecular flexibility index (Phi) is 5.08. The van der Waals surface area contributed by atoms with Gasteiger partial charge < -0.3 is 10.6 Å². The van der Waals surface area contributed by atoms with E-state index in [-0.39, 0.29) is 5.91 Å². The van der Waals surface area contributed by atoms with E-state index in [1.54, 1.807) is 30.7 Å². The summed E-state index contributed by atoms with van der Waals surface area (Å²) in [6.45, 7) is 0. The third-order valence-corrected chi connectivity index (χ3v) is 5.63. The molecule has 168 valence electrons. The van der Waals surface area contributed by atoms with Crippen LogP contribution >= 0.6 is 0 Å². The highest BCUT2D eigenvalue weighted by molar-refractivity contribution is 6.04. The van der Waals surface area contributed by atoms with E-state index >= 15 is 0 Å². The summed E-state index contributed by atoms with van der Waals surface area (Å²) in [5.41, 5.74) is 4.66. The molecule has 3 heterocycles. The van der Waals surface area contributed by atoms with Gasteiger partial charge in [-0.3, -0.25) is 14.9 Å². The Morgan fingerprint density at radius 1 is 0.829 bits per heavy atom. The predicted octanol–water partition coefficient (Wildman–Crippen LogP) is 5.56. The molecule has 3 aromatic heterocycles. The number of aromatic nitrogens is 5. The molecule has 0 saturated heterocycles. The second-order valence-corrected chi connectivity index (χ2v) is 7.98. The maximum absolute atomic E-state index is 12.6. The van der Waals surface area contributed by atoms with Crippen molar-refractivity contribution < 1.29 is 4.79 Å². The number of benzene rings is 3. The number of hydrogen-bond acceptors (Lipinski definition) is 6. The average molecular weight is 457 g/mol. The summed E-state index contributed by atoms with van der Waals surface area (Å²) in [6, 6.07) is 24.7. The van der Waals surface area contributed by atoms with Crippen molar-refractivity contribution in [2.24, 2.45) is 0 Å². The first-order chi connectivity index (χ1) is 17.2. The summed E-state index contributed by atoms with van der Waals surface area (Å²) in [5, 5.41) is 15.3. The van der Waals surface area contributed by atoms with Gasteiger partial charge in [0.25, 0.3) is 5.91 Å². The van der Waals surface area contributed by atoms with E-state index in [0.717, 1.165) is 33.1 Å².